The fourth-order valence-corrected chi connectivity index (χ4v) is 2.48. The van der Waals surface area contributed by atoms with E-state index in [0.717, 1.165) is 22.4 Å². The number of hydrogen-bond acceptors (Lipinski definition) is 5. The molecule has 1 heterocycles. The van der Waals surface area contributed by atoms with Crippen LogP contribution in [0.2, 0.25) is 0 Å². The van der Waals surface area contributed by atoms with E-state index in [4.69, 9.17) is 4.74 Å². The zero-order valence-corrected chi connectivity index (χ0v) is 12.3. The molecule has 0 radical (unpaired) electrons. The fourth-order valence-electron chi connectivity index (χ4n) is 1.76. The highest BCUT2D eigenvalue weighted by Gasteiger charge is 2.09. The molecule has 102 valence electrons. The first-order valence-electron chi connectivity index (χ1n) is 6.48. The maximum atomic E-state index is 5.86. The second-order valence-electron chi connectivity index (χ2n) is 4.51. The number of nitrogens with one attached hydrogen (secondary N) is 1. The van der Waals surface area contributed by atoms with Crippen LogP contribution in [0.4, 0.5) is 5.13 Å². The molecule has 1 aromatic heterocycles. The average Bonchev–Trinajstić information content (AvgIpc) is 2.85. The van der Waals surface area contributed by atoms with E-state index in [1.807, 2.05) is 25.1 Å². The van der Waals surface area contributed by atoms with Crippen LogP contribution in [0.5, 0.6) is 5.75 Å². The molecule has 0 aliphatic rings. The molecular weight excluding hydrogens is 258 g/mol. The lowest BCUT2D eigenvalue weighted by Crippen LogP contribution is -1.99. The fraction of sp³-hybridized carbons (Fsp3) is 0.429. The van der Waals surface area contributed by atoms with Crippen molar-refractivity contribution < 1.29 is 4.74 Å². The first-order valence-corrected chi connectivity index (χ1v) is 7.30. The molecule has 2 rings (SSSR count). The van der Waals surface area contributed by atoms with Crippen molar-refractivity contribution in [2.75, 3.05) is 11.9 Å². The molecule has 0 saturated carbocycles. The molecule has 0 fully saturated rings. The van der Waals surface area contributed by atoms with Crippen LogP contribution in [0, 0.1) is 0 Å². The summed E-state index contributed by atoms with van der Waals surface area (Å²) in [4.78, 5) is 0. The Morgan fingerprint density at radius 2 is 2.05 bits per heavy atom. The van der Waals surface area contributed by atoms with E-state index in [1.54, 1.807) is 0 Å². The van der Waals surface area contributed by atoms with E-state index in [1.165, 1.54) is 16.9 Å². The number of nitrogens with zero attached hydrogens (tertiary/aromatic N) is 2. The summed E-state index contributed by atoms with van der Waals surface area (Å²) in [5.41, 5.74) is 1.22. The molecule has 4 nitrogen and oxygen atoms in total. The SMILES string of the molecule is CCNc1nnc(COc2ccccc2C(C)C)s1. The molecule has 5 heteroatoms. The monoisotopic (exact) mass is 277 g/mol. The highest BCUT2D eigenvalue weighted by Crippen LogP contribution is 2.27. The van der Waals surface area contributed by atoms with E-state index in [2.05, 4.69) is 35.4 Å². The van der Waals surface area contributed by atoms with E-state index in [-0.39, 0.29) is 0 Å². The first-order chi connectivity index (χ1) is 9.20. The summed E-state index contributed by atoms with van der Waals surface area (Å²) in [6.07, 6.45) is 0. The predicted octanol–water partition coefficient (Wildman–Crippen LogP) is 3.67. The lowest BCUT2D eigenvalue weighted by atomic mass is 10.0. The Kier molecular flexibility index (Phi) is 4.74. The van der Waals surface area contributed by atoms with E-state index in [0.29, 0.717) is 12.5 Å². The van der Waals surface area contributed by atoms with Gasteiger partial charge in [0.05, 0.1) is 0 Å². The van der Waals surface area contributed by atoms with Crippen molar-refractivity contribution >= 4 is 16.5 Å². The van der Waals surface area contributed by atoms with Gasteiger partial charge in [0.2, 0.25) is 5.13 Å². The summed E-state index contributed by atoms with van der Waals surface area (Å²) in [6, 6.07) is 8.13. The van der Waals surface area contributed by atoms with Gasteiger partial charge in [0.1, 0.15) is 12.4 Å². The quantitative estimate of drug-likeness (QED) is 0.875. The number of para-hydroxylation sites is 1. The summed E-state index contributed by atoms with van der Waals surface area (Å²) in [7, 11) is 0. The molecular formula is C14H19N3OS. The van der Waals surface area contributed by atoms with Crippen LogP contribution in [0.1, 0.15) is 37.3 Å². The van der Waals surface area contributed by atoms with E-state index >= 15 is 0 Å². The number of hydrogen-bond donors (Lipinski definition) is 1. The maximum absolute atomic E-state index is 5.86. The van der Waals surface area contributed by atoms with Crippen molar-refractivity contribution in [2.24, 2.45) is 0 Å². The molecule has 0 spiro atoms. The average molecular weight is 277 g/mol. The molecule has 0 unspecified atom stereocenters. The highest BCUT2D eigenvalue weighted by molar-refractivity contribution is 7.15. The van der Waals surface area contributed by atoms with Gasteiger partial charge in [0, 0.05) is 6.54 Å². The zero-order chi connectivity index (χ0) is 13.7. The molecule has 0 bridgehead atoms. The van der Waals surface area contributed by atoms with Crippen molar-refractivity contribution in [2.45, 2.75) is 33.3 Å². The van der Waals surface area contributed by atoms with Crippen LogP contribution in [0.25, 0.3) is 0 Å². The zero-order valence-electron chi connectivity index (χ0n) is 11.5. The van der Waals surface area contributed by atoms with Gasteiger partial charge in [0.15, 0.2) is 5.01 Å². The van der Waals surface area contributed by atoms with E-state index in [9.17, 15) is 0 Å². The summed E-state index contributed by atoms with van der Waals surface area (Å²) in [6.45, 7) is 7.68. The molecule has 1 aromatic carbocycles. The minimum atomic E-state index is 0.447. The van der Waals surface area contributed by atoms with Crippen molar-refractivity contribution in [1.29, 1.82) is 0 Å². The lowest BCUT2D eigenvalue weighted by Gasteiger charge is -2.12. The summed E-state index contributed by atoms with van der Waals surface area (Å²) >= 11 is 1.53. The first kappa shape index (κ1) is 13.8. The molecule has 0 aliphatic carbocycles. The number of benzene rings is 1. The van der Waals surface area contributed by atoms with Gasteiger partial charge in [-0.2, -0.15) is 0 Å². The molecule has 19 heavy (non-hydrogen) atoms. The Hall–Kier alpha value is -1.62. The second-order valence-corrected chi connectivity index (χ2v) is 5.57. The third kappa shape index (κ3) is 3.67. The Balaban J connectivity index is 2.01. The van der Waals surface area contributed by atoms with Crippen LogP contribution < -0.4 is 10.1 Å². The predicted molar refractivity (Wildman–Crippen MR) is 78.9 cm³/mol. The van der Waals surface area contributed by atoms with Crippen LogP contribution >= 0.6 is 11.3 Å². The molecule has 2 aromatic rings. The normalized spacial score (nSPS) is 10.7. The molecule has 1 N–H and O–H groups in total. The lowest BCUT2D eigenvalue weighted by molar-refractivity contribution is 0.300. The van der Waals surface area contributed by atoms with Crippen LogP contribution in [-0.4, -0.2) is 16.7 Å². The third-order valence-electron chi connectivity index (χ3n) is 2.69. The standard InChI is InChI=1S/C14H19N3OS/c1-4-15-14-17-16-13(19-14)9-18-12-8-6-5-7-11(12)10(2)3/h5-8,10H,4,9H2,1-3H3,(H,15,17). The number of ether oxygens (including phenoxy) is 1. The van der Waals surface area contributed by atoms with Gasteiger partial charge in [-0.3, -0.25) is 0 Å². The molecule has 0 atom stereocenters. The minimum absolute atomic E-state index is 0.447. The number of aromatic nitrogens is 2. The Bertz CT molecular complexity index is 525. The summed E-state index contributed by atoms with van der Waals surface area (Å²) in [5, 5.41) is 13.0. The van der Waals surface area contributed by atoms with Crippen LogP contribution in [0.3, 0.4) is 0 Å². The highest BCUT2D eigenvalue weighted by atomic mass is 32.1. The van der Waals surface area contributed by atoms with Gasteiger partial charge in [-0.1, -0.05) is 43.4 Å². The summed E-state index contributed by atoms with van der Waals surface area (Å²) < 4.78 is 5.86. The Morgan fingerprint density at radius 3 is 2.79 bits per heavy atom. The van der Waals surface area contributed by atoms with Crippen LogP contribution in [-0.2, 0) is 6.61 Å². The van der Waals surface area contributed by atoms with Crippen molar-refractivity contribution in [3.05, 3.63) is 34.8 Å². The third-order valence-corrected chi connectivity index (χ3v) is 3.54. The van der Waals surface area contributed by atoms with Gasteiger partial charge in [-0.05, 0) is 24.5 Å². The van der Waals surface area contributed by atoms with Gasteiger partial charge in [-0.15, -0.1) is 10.2 Å². The van der Waals surface area contributed by atoms with Gasteiger partial charge in [-0.25, -0.2) is 0 Å². The minimum Gasteiger partial charge on any atom is -0.486 e. The molecule has 0 aliphatic heterocycles. The van der Waals surface area contributed by atoms with Gasteiger partial charge in [0.25, 0.3) is 0 Å². The number of rotatable bonds is 6. The summed E-state index contributed by atoms with van der Waals surface area (Å²) in [5.74, 6) is 1.38. The van der Waals surface area contributed by atoms with Crippen LogP contribution in [0.15, 0.2) is 24.3 Å². The molecule has 0 saturated heterocycles. The maximum Gasteiger partial charge on any atom is 0.205 e. The van der Waals surface area contributed by atoms with Gasteiger partial charge < -0.3 is 10.1 Å². The van der Waals surface area contributed by atoms with Crippen molar-refractivity contribution in [1.82, 2.24) is 10.2 Å². The Labute approximate surface area is 117 Å². The van der Waals surface area contributed by atoms with Gasteiger partial charge >= 0.3 is 0 Å². The molecule has 0 amide bonds. The topological polar surface area (TPSA) is 47.0 Å². The second kappa shape index (κ2) is 6.52. The number of anilines is 1. The largest absolute Gasteiger partial charge is 0.486 e. The van der Waals surface area contributed by atoms with Crippen molar-refractivity contribution in [3.63, 3.8) is 0 Å². The Morgan fingerprint density at radius 1 is 1.26 bits per heavy atom. The van der Waals surface area contributed by atoms with E-state index < -0.39 is 0 Å². The van der Waals surface area contributed by atoms with Crippen molar-refractivity contribution in [3.8, 4) is 5.75 Å². The smallest absolute Gasteiger partial charge is 0.205 e.